The number of unbranched alkanes of at least 4 members (excludes halogenated alkanes) is 5. The molecule has 0 spiro atoms. The molecule has 0 N–H and O–H groups in total. The van der Waals surface area contributed by atoms with E-state index in [0.29, 0.717) is 0 Å². The Hall–Kier alpha value is -0.570. The Morgan fingerprint density at radius 1 is 1.00 bits per heavy atom. The summed E-state index contributed by atoms with van der Waals surface area (Å²) in [4.78, 5) is 8.25. The van der Waals surface area contributed by atoms with Gasteiger partial charge in [0.05, 0.1) is 27.7 Å². The molecule has 0 radical (unpaired) electrons. The highest BCUT2D eigenvalue weighted by molar-refractivity contribution is 5.29. The standard InChI is InChI=1S/C11H26N.CH2O2/c1-5-6-7-8-9-10-11-12(2,3)4;2-1-3/h5-11H2,1-4H3;1H,(H,2,3)/q+1;/p-1. The first-order valence-corrected chi connectivity index (χ1v) is 5.84. The quantitative estimate of drug-likeness (QED) is 0.367. The monoisotopic (exact) mass is 217 g/mol. The van der Waals surface area contributed by atoms with Gasteiger partial charge in [-0.2, -0.15) is 0 Å². The molecule has 92 valence electrons. The molecule has 0 aromatic carbocycles. The smallest absolute Gasteiger partial charge is 0.0780 e. The Balaban J connectivity index is 0. The fourth-order valence-corrected chi connectivity index (χ4v) is 1.37. The van der Waals surface area contributed by atoms with Gasteiger partial charge >= 0.3 is 0 Å². The van der Waals surface area contributed by atoms with E-state index in [4.69, 9.17) is 9.90 Å². The number of hydrogen-bond donors (Lipinski definition) is 0. The largest absolute Gasteiger partial charge is 0.554 e. The van der Waals surface area contributed by atoms with Crippen LogP contribution in [-0.4, -0.2) is 38.6 Å². The Bertz CT molecular complexity index is 130. The fourth-order valence-electron chi connectivity index (χ4n) is 1.37. The summed E-state index contributed by atoms with van der Waals surface area (Å²) in [6.07, 6.45) is 8.48. The molecule has 0 aliphatic heterocycles. The number of carbonyl (C=O) groups excluding carboxylic acids is 1. The first kappa shape index (κ1) is 16.8. The van der Waals surface area contributed by atoms with Gasteiger partial charge in [-0.15, -0.1) is 0 Å². The van der Waals surface area contributed by atoms with Crippen LogP contribution in [0.2, 0.25) is 0 Å². The van der Waals surface area contributed by atoms with Crippen molar-refractivity contribution < 1.29 is 14.4 Å². The van der Waals surface area contributed by atoms with Gasteiger partial charge in [-0.1, -0.05) is 32.6 Å². The molecular weight excluding hydrogens is 190 g/mol. The predicted octanol–water partition coefficient (Wildman–Crippen LogP) is 1.42. The maximum absolute atomic E-state index is 8.25. The van der Waals surface area contributed by atoms with Gasteiger partial charge in [-0.25, -0.2) is 0 Å². The van der Waals surface area contributed by atoms with E-state index in [2.05, 4.69) is 28.1 Å². The van der Waals surface area contributed by atoms with Crippen LogP contribution in [0.3, 0.4) is 0 Å². The minimum absolute atomic E-state index is 0.500. The molecule has 15 heavy (non-hydrogen) atoms. The highest BCUT2D eigenvalue weighted by atomic mass is 16.3. The molecule has 0 saturated carbocycles. The number of hydrogen-bond acceptors (Lipinski definition) is 2. The van der Waals surface area contributed by atoms with Crippen LogP contribution in [0.4, 0.5) is 0 Å². The van der Waals surface area contributed by atoms with Crippen LogP contribution >= 0.6 is 0 Å². The molecule has 0 amide bonds. The molecule has 0 heterocycles. The predicted molar refractivity (Wildman–Crippen MR) is 62.3 cm³/mol. The van der Waals surface area contributed by atoms with Gasteiger partial charge in [0.25, 0.3) is 0 Å². The molecule has 0 aromatic heterocycles. The lowest BCUT2D eigenvalue weighted by Crippen LogP contribution is -2.35. The number of rotatable bonds is 7. The lowest BCUT2D eigenvalue weighted by atomic mass is 10.1. The summed E-state index contributed by atoms with van der Waals surface area (Å²) in [6, 6.07) is 0. The van der Waals surface area contributed by atoms with Crippen LogP contribution in [-0.2, 0) is 4.79 Å². The zero-order valence-electron chi connectivity index (χ0n) is 10.8. The SMILES string of the molecule is CCCCCCCC[N+](C)(C)C.O=C[O-]. The van der Waals surface area contributed by atoms with Crippen molar-refractivity contribution in [3.63, 3.8) is 0 Å². The minimum atomic E-state index is -0.500. The third kappa shape index (κ3) is 24.7. The van der Waals surface area contributed by atoms with E-state index in [-0.39, 0.29) is 0 Å². The zero-order chi connectivity index (χ0) is 12.2. The van der Waals surface area contributed by atoms with Crippen molar-refractivity contribution in [2.24, 2.45) is 0 Å². The second-order valence-corrected chi connectivity index (χ2v) is 4.88. The van der Waals surface area contributed by atoms with Gasteiger partial charge in [0.1, 0.15) is 0 Å². The highest BCUT2D eigenvalue weighted by Gasteiger charge is 2.04. The van der Waals surface area contributed by atoms with Gasteiger partial charge in [-0.05, 0) is 12.8 Å². The normalized spacial score (nSPS) is 10.4. The van der Waals surface area contributed by atoms with Gasteiger partial charge in [0, 0.05) is 6.47 Å². The third-order valence-corrected chi connectivity index (χ3v) is 2.18. The second kappa shape index (κ2) is 11.5. The summed E-state index contributed by atoms with van der Waals surface area (Å²) < 4.78 is 1.12. The summed E-state index contributed by atoms with van der Waals surface area (Å²) in [5.74, 6) is 0. The van der Waals surface area contributed by atoms with Crippen LogP contribution < -0.4 is 5.11 Å². The van der Waals surface area contributed by atoms with Crippen molar-refractivity contribution in [2.75, 3.05) is 27.7 Å². The number of carboxylic acid groups (broad SMARTS) is 1. The zero-order valence-corrected chi connectivity index (χ0v) is 10.8. The van der Waals surface area contributed by atoms with E-state index in [1.54, 1.807) is 0 Å². The maximum atomic E-state index is 8.25. The molecule has 3 heteroatoms. The lowest BCUT2D eigenvalue weighted by Gasteiger charge is -2.23. The van der Waals surface area contributed by atoms with Crippen LogP contribution in [0, 0.1) is 0 Å². The average Bonchev–Trinajstić information content (AvgIpc) is 2.11. The van der Waals surface area contributed by atoms with E-state index in [1.165, 1.54) is 45.1 Å². The minimum Gasteiger partial charge on any atom is -0.554 e. The first-order chi connectivity index (χ1) is 6.97. The lowest BCUT2D eigenvalue weighted by molar-refractivity contribution is -0.870. The van der Waals surface area contributed by atoms with E-state index in [1.807, 2.05) is 0 Å². The van der Waals surface area contributed by atoms with Crippen molar-refractivity contribution in [3.8, 4) is 0 Å². The average molecular weight is 217 g/mol. The highest BCUT2D eigenvalue weighted by Crippen LogP contribution is 2.06. The van der Waals surface area contributed by atoms with Crippen LogP contribution in [0.5, 0.6) is 0 Å². The summed E-state index contributed by atoms with van der Waals surface area (Å²) in [5.41, 5.74) is 0. The van der Waals surface area contributed by atoms with Crippen molar-refractivity contribution in [1.29, 1.82) is 0 Å². The summed E-state index contributed by atoms with van der Waals surface area (Å²) >= 11 is 0. The van der Waals surface area contributed by atoms with E-state index < -0.39 is 6.47 Å². The van der Waals surface area contributed by atoms with Crippen molar-refractivity contribution >= 4 is 6.47 Å². The molecule has 0 bridgehead atoms. The van der Waals surface area contributed by atoms with Gasteiger partial charge in [0.15, 0.2) is 0 Å². The topological polar surface area (TPSA) is 40.1 Å². The molecular formula is C12H27NO2. The summed E-state index contributed by atoms with van der Waals surface area (Å²) in [5, 5.41) is 8.25. The molecule has 0 rings (SSSR count). The van der Waals surface area contributed by atoms with Crippen LogP contribution in [0.15, 0.2) is 0 Å². The molecule has 0 unspecified atom stereocenters. The third-order valence-electron chi connectivity index (χ3n) is 2.18. The maximum Gasteiger partial charge on any atom is 0.0780 e. The molecule has 0 fully saturated rings. The van der Waals surface area contributed by atoms with E-state index >= 15 is 0 Å². The second-order valence-electron chi connectivity index (χ2n) is 4.88. The number of quaternary nitrogens is 1. The Kier molecular flexibility index (Phi) is 12.9. The summed E-state index contributed by atoms with van der Waals surface area (Å²) in [7, 11) is 6.81. The van der Waals surface area contributed by atoms with Gasteiger partial charge in [0.2, 0.25) is 0 Å². The molecule has 3 nitrogen and oxygen atoms in total. The van der Waals surface area contributed by atoms with Crippen LogP contribution in [0.25, 0.3) is 0 Å². The number of carbonyl (C=O) groups is 1. The van der Waals surface area contributed by atoms with Crippen molar-refractivity contribution in [1.82, 2.24) is 0 Å². The Morgan fingerprint density at radius 3 is 1.80 bits per heavy atom. The van der Waals surface area contributed by atoms with Crippen molar-refractivity contribution in [3.05, 3.63) is 0 Å². The molecule has 0 aromatic rings. The van der Waals surface area contributed by atoms with Gasteiger partial charge in [-0.3, -0.25) is 0 Å². The van der Waals surface area contributed by atoms with E-state index in [9.17, 15) is 0 Å². The Morgan fingerprint density at radius 2 is 1.40 bits per heavy atom. The first-order valence-electron chi connectivity index (χ1n) is 5.84. The van der Waals surface area contributed by atoms with Crippen molar-refractivity contribution in [2.45, 2.75) is 45.4 Å². The van der Waals surface area contributed by atoms with Crippen LogP contribution in [0.1, 0.15) is 45.4 Å². The number of nitrogens with zero attached hydrogens (tertiary/aromatic N) is 1. The molecule has 0 saturated heterocycles. The molecule has 0 aliphatic carbocycles. The summed E-state index contributed by atoms with van der Waals surface area (Å²) in [6.45, 7) is 3.10. The van der Waals surface area contributed by atoms with Gasteiger partial charge < -0.3 is 14.4 Å². The van der Waals surface area contributed by atoms with E-state index in [0.717, 1.165) is 4.48 Å². The molecule has 0 atom stereocenters. The molecule has 0 aliphatic rings. The Labute approximate surface area is 94.7 Å². The fraction of sp³-hybridized carbons (Fsp3) is 0.917.